The molecule has 1 amide bonds. The fraction of sp³-hybridized carbons (Fsp3) is 0.562. The zero-order valence-electron chi connectivity index (χ0n) is 15.7. The molecule has 0 aromatic heterocycles. The highest BCUT2D eigenvalue weighted by Crippen LogP contribution is 2.20. The lowest BCUT2D eigenvalue weighted by Gasteiger charge is -2.24. The van der Waals surface area contributed by atoms with E-state index in [2.05, 4.69) is 10.1 Å². The molecule has 0 radical (unpaired) electrons. The van der Waals surface area contributed by atoms with Crippen LogP contribution in [0.2, 0.25) is 0 Å². The predicted octanol–water partition coefficient (Wildman–Crippen LogP) is -0.336. The number of carbonyl (C=O) groups is 5. The number of ether oxygens (including phenoxy) is 4. The van der Waals surface area contributed by atoms with Crippen molar-refractivity contribution >= 4 is 29.8 Å². The number of aliphatic hydroxyl groups excluding tert-OH is 1. The first-order chi connectivity index (χ1) is 12.4. The van der Waals surface area contributed by atoms with Crippen molar-refractivity contribution in [2.45, 2.75) is 53.4 Å². The first-order valence-electron chi connectivity index (χ1n) is 7.80. The Bertz CT molecular complexity index is 625. The fourth-order valence-electron chi connectivity index (χ4n) is 1.85. The van der Waals surface area contributed by atoms with E-state index in [0.29, 0.717) is 0 Å². The van der Waals surface area contributed by atoms with Gasteiger partial charge in [0.2, 0.25) is 12.2 Å². The highest BCUT2D eigenvalue weighted by molar-refractivity contribution is 5.76. The van der Waals surface area contributed by atoms with Crippen molar-refractivity contribution < 1.29 is 48.0 Å². The first kappa shape index (κ1) is 24.1. The minimum absolute atomic E-state index is 0.169. The zero-order valence-corrected chi connectivity index (χ0v) is 15.7. The second kappa shape index (κ2) is 11.6. The number of esters is 4. The molecule has 0 aliphatic heterocycles. The van der Waals surface area contributed by atoms with Gasteiger partial charge in [-0.05, 0) is 0 Å². The number of hydrogen-bond acceptors (Lipinski definition) is 10. The van der Waals surface area contributed by atoms with Crippen LogP contribution < -0.4 is 5.32 Å². The summed E-state index contributed by atoms with van der Waals surface area (Å²) in [6.07, 6.45) is -3.53. The standard InChI is InChI=1S/C16H23NO10/c1-8(18)17-14(16(23)27-12(5)22)15(26-11(4)21)13(25-10(3)20)6-7-24-9(2)19/h13,16,23H,6-7H2,1-5H3,(H,17,18)/b15-14-. The van der Waals surface area contributed by atoms with Crippen LogP contribution in [-0.2, 0) is 42.9 Å². The van der Waals surface area contributed by atoms with Crippen LogP contribution in [0.1, 0.15) is 41.0 Å². The molecule has 0 aromatic rings. The monoisotopic (exact) mass is 389 g/mol. The summed E-state index contributed by atoms with van der Waals surface area (Å²) in [5.41, 5.74) is -0.512. The van der Waals surface area contributed by atoms with E-state index in [1.807, 2.05) is 0 Å². The van der Waals surface area contributed by atoms with Crippen LogP contribution >= 0.6 is 0 Å². The van der Waals surface area contributed by atoms with Crippen LogP contribution in [0, 0.1) is 0 Å². The largest absolute Gasteiger partial charge is 0.466 e. The Kier molecular flexibility index (Phi) is 10.4. The maximum absolute atomic E-state index is 11.5. The molecular formula is C16H23NO10. The van der Waals surface area contributed by atoms with Gasteiger partial charge in [0, 0.05) is 41.0 Å². The predicted molar refractivity (Wildman–Crippen MR) is 87.2 cm³/mol. The summed E-state index contributed by atoms with van der Waals surface area (Å²) in [7, 11) is 0. The van der Waals surface area contributed by atoms with Crippen LogP contribution in [0.25, 0.3) is 0 Å². The number of hydrogen-bond donors (Lipinski definition) is 2. The van der Waals surface area contributed by atoms with E-state index < -0.39 is 53.6 Å². The molecule has 0 bridgehead atoms. The van der Waals surface area contributed by atoms with Crippen LogP contribution in [0.15, 0.2) is 11.5 Å². The summed E-state index contributed by atoms with van der Waals surface area (Å²) in [6.45, 7) is 5.13. The Morgan fingerprint density at radius 3 is 1.81 bits per heavy atom. The van der Waals surface area contributed by atoms with Crippen LogP contribution in [0.5, 0.6) is 0 Å². The Morgan fingerprint density at radius 1 is 0.852 bits per heavy atom. The first-order valence-corrected chi connectivity index (χ1v) is 7.80. The molecule has 0 saturated carbocycles. The Morgan fingerprint density at radius 2 is 1.41 bits per heavy atom. The molecule has 152 valence electrons. The van der Waals surface area contributed by atoms with Gasteiger partial charge in [0.05, 0.1) is 6.61 Å². The number of nitrogens with one attached hydrogen (secondary N) is 1. The van der Waals surface area contributed by atoms with Gasteiger partial charge in [-0.3, -0.25) is 24.0 Å². The van der Waals surface area contributed by atoms with Gasteiger partial charge in [-0.2, -0.15) is 0 Å². The average Bonchev–Trinajstić information content (AvgIpc) is 2.47. The van der Waals surface area contributed by atoms with Crippen LogP contribution in [-0.4, -0.2) is 53.9 Å². The summed E-state index contributed by atoms with van der Waals surface area (Å²) in [4.78, 5) is 56.4. The smallest absolute Gasteiger partial charge is 0.307 e. The topological polar surface area (TPSA) is 155 Å². The highest BCUT2D eigenvalue weighted by atomic mass is 16.6. The van der Waals surface area contributed by atoms with E-state index in [4.69, 9.17) is 14.2 Å². The molecule has 0 aliphatic rings. The van der Waals surface area contributed by atoms with Crippen LogP contribution in [0.4, 0.5) is 0 Å². The molecule has 2 N–H and O–H groups in total. The lowest BCUT2D eigenvalue weighted by molar-refractivity contribution is -0.162. The average molecular weight is 389 g/mol. The van der Waals surface area contributed by atoms with Gasteiger partial charge >= 0.3 is 23.9 Å². The second-order valence-electron chi connectivity index (χ2n) is 5.24. The van der Waals surface area contributed by atoms with E-state index in [1.54, 1.807) is 0 Å². The SMILES string of the molecule is CC(=O)N/C(=C(\OC(C)=O)C(CCOC(C)=O)OC(C)=O)C(O)OC(C)=O. The highest BCUT2D eigenvalue weighted by Gasteiger charge is 2.30. The zero-order chi connectivity index (χ0) is 21.1. The van der Waals surface area contributed by atoms with Crippen LogP contribution in [0.3, 0.4) is 0 Å². The van der Waals surface area contributed by atoms with Crippen molar-refractivity contribution in [1.82, 2.24) is 5.32 Å². The van der Waals surface area contributed by atoms with E-state index >= 15 is 0 Å². The minimum atomic E-state index is -2.02. The quantitative estimate of drug-likeness (QED) is 0.232. The van der Waals surface area contributed by atoms with Gasteiger partial charge in [-0.1, -0.05) is 0 Å². The van der Waals surface area contributed by atoms with Crippen molar-refractivity contribution in [3.8, 4) is 0 Å². The summed E-state index contributed by atoms with van der Waals surface area (Å²) in [6, 6.07) is 0. The van der Waals surface area contributed by atoms with Gasteiger partial charge in [-0.25, -0.2) is 0 Å². The molecule has 0 rings (SSSR count). The third-order valence-electron chi connectivity index (χ3n) is 2.64. The molecule has 0 spiro atoms. The molecule has 11 nitrogen and oxygen atoms in total. The van der Waals surface area contributed by atoms with Crippen molar-refractivity contribution in [2.24, 2.45) is 0 Å². The normalized spacial score (nSPS) is 13.4. The number of carbonyl (C=O) groups excluding carboxylic acids is 5. The molecule has 0 heterocycles. The van der Waals surface area contributed by atoms with Gasteiger partial charge in [0.25, 0.3) is 0 Å². The number of rotatable bonds is 9. The van der Waals surface area contributed by atoms with Gasteiger partial charge in [0.15, 0.2) is 11.9 Å². The fourth-order valence-corrected chi connectivity index (χ4v) is 1.85. The summed E-state index contributed by atoms with van der Waals surface area (Å²) >= 11 is 0. The molecule has 27 heavy (non-hydrogen) atoms. The van der Waals surface area contributed by atoms with E-state index in [0.717, 1.165) is 34.6 Å². The molecule has 0 fully saturated rings. The molecule has 0 aromatic carbocycles. The third-order valence-corrected chi connectivity index (χ3v) is 2.64. The van der Waals surface area contributed by atoms with Gasteiger partial charge in [0.1, 0.15) is 5.70 Å². The Hall–Kier alpha value is -2.95. The van der Waals surface area contributed by atoms with E-state index in [-0.39, 0.29) is 13.0 Å². The summed E-state index contributed by atoms with van der Waals surface area (Å²) < 4.78 is 19.4. The Balaban J connectivity index is 6.09. The lowest BCUT2D eigenvalue weighted by atomic mass is 10.1. The molecular weight excluding hydrogens is 366 g/mol. The number of amides is 1. The number of aliphatic hydroxyl groups is 1. The minimum Gasteiger partial charge on any atom is -0.466 e. The van der Waals surface area contributed by atoms with Gasteiger partial charge in [-0.15, -0.1) is 0 Å². The van der Waals surface area contributed by atoms with Gasteiger partial charge < -0.3 is 29.4 Å². The maximum Gasteiger partial charge on any atom is 0.307 e. The van der Waals surface area contributed by atoms with Crippen molar-refractivity contribution in [1.29, 1.82) is 0 Å². The Labute approximate surface area is 155 Å². The molecule has 2 atom stereocenters. The van der Waals surface area contributed by atoms with Crippen molar-refractivity contribution in [3.63, 3.8) is 0 Å². The second-order valence-corrected chi connectivity index (χ2v) is 5.24. The molecule has 0 aliphatic carbocycles. The third kappa shape index (κ3) is 10.6. The lowest BCUT2D eigenvalue weighted by Crippen LogP contribution is -2.37. The molecule has 2 unspecified atom stereocenters. The van der Waals surface area contributed by atoms with Crippen molar-refractivity contribution in [3.05, 3.63) is 11.5 Å². The van der Waals surface area contributed by atoms with Crippen molar-refractivity contribution in [2.75, 3.05) is 6.61 Å². The van der Waals surface area contributed by atoms with E-state index in [1.165, 1.54) is 0 Å². The molecule has 11 heteroatoms. The molecule has 0 saturated heterocycles. The van der Waals surface area contributed by atoms with E-state index in [9.17, 15) is 29.1 Å². The summed E-state index contributed by atoms with van der Waals surface area (Å²) in [5, 5.41) is 12.3. The summed E-state index contributed by atoms with van der Waals surface area (Å²) in [5.74, 6) is -4.31. The maximum atomic E-state index is 11.5.